The van der Waals surface area contributed by atoms with Crippen LogP contribution in [0, 0.1) is 5.92 Å². The molecule has 0 aromatic heterocycles. The number of halogens is 2. The largest absolute Gasteiger partial charge is 0.273 e. The predicted molar refractivity (Wildman–Crippen MR) is 101 cm³/mol. The summed E-state index contributed by atoms with van der Waals surface area (Å²) in [5.41, 5.74) is 6.01. The molecular formula is C18H16Cl2N2O2S. The summed E-state index contributed by atoms with van der Waals surface area (Å²) in [7, 11) is 0. The van der Waals surface area contributed by atoms with Gasteiger partial charge in [0.1, 0.15) is 0 Å². The molecule has 4 nitrogen and oxygen atoms in total. The highest BCUT2D eigenvalue weighted by molar-refractivity contribution is 8.00. The van der Waals surface area contributed by atoms with Gasteiger partial charge in [-0.2, -0.15) is 0 Å². The predicted octanol–water partition coefficient (Wildman–Crippen LogP) is 4.04. The topological polar surface area (TPSA) is 58.2 Å². The van der Waals surface area contributed by atoms with Crippen LogP contribution in [0.2, 0.25) is 10.0 Å². The molecule has 1 fully saturated rings. The zero-order valence-electron chi connectivity index (χ0n) is 13.2. The molecule has 1 saturated carbocycles. The molecule has 130 valence electrons. The van der Waals surface area contributed by atoms with Crippen molar-refractivity contribution in [1.82, 2.24) is 10.9 Å². The van der Waals surface area contributed by atoms with Crippen LogP contribution in [0.3, 0.4) is 0 Å². The van der Waals surface area contributed by atoms with E-state index in [4.69, 9.17) is 23.2 Å². The standard InChI is InChI=1S/C18H16Cl2N2O2S/c19-12-4-6-14(7-5-12)25-10-17(23)21-22-18(24)16-9-15(16)11-2-1-3-13(20)8-11/h1-8,15-16H,9-10H2,(H,21,23)(H,22,24). The smallest absolute Gasteiger partial charge is 0.248 e. The van der Waals surface area contributed by atoms with Gasteiger partial charge in [0.2, 0.25) is 11.8 Å². The van der Waals surface area contributed by atoms with Crippen molar-refractivity contribution in [2.45, 2.75) is 17.2 Å². The van der Waals surface area contributed by atoms with Crippen molar-refractivity contribution < 1.29 is 9.59 Å². The molecule has 0 spiro atoms. The van der Waals surface area contributed by atoms with E-state index in [-0.39, 0.29) is 29.4 Å². The normalized spacial score (nSPS) is 18.5. The molecular weight excluding hydrogens is 379 g/mol. The second kappa shape index (κ2) is 8.13. The molecule has 0 radical (unpaired) electrons. The second-order valence-electron chi connectivity index (χ2n) is 5.78. The number of benzene rings is 2. The summed E-state index contributed by atoms with van der Waals surface area (Å²) in [5.74, 6) is -0.172. The number of nitrogens with one attached hydrogen (secondary N) is 2. The lowest BCUT2D eigenvalue weighted by atomic mass is 10.1. The van der Waals surface area contributed by atoms with Gasteiger partial charge in [-0.3, -0.25) is 20.4 Å². The SMILES string of the molecule is O=C(CSc1ccc(Cl)cc1)NNC(=O)C1CC1c1cccc(Cl)c1. The third-order valence-electron chi connectivity index (χ3n) is 3.91. The van der Waals surface area contributed by atoms with Gasteiger partial charge in [-0.1, -0.05) is 35.3 Å². The van der Waals surface area contributed by atoms with Crippen molar-refractivity contribution in [3.8, 4) is 0 Å². The summed E-state index contributed by atoms with van der Waals surface area (Å²) in [4.78, 5) is 24.9. The molecule has 2 amide bonds. The van der Waals surface area contributed by atoms with Gasteiger partial charge in [0.05, 0.1) is 5.75 Å². The number of thioether (sulfide) groups is 1. The second-order valence-corrected chi connectivity index (χ2v) is 7.71. The first kappa shape index (κ1) is 18.1. The third kappa shape index (κ3) is 5.14. The lowest BCUT2D eigenvalue weighted by Gasteiger charge is -2.07. The number of carbonyl (C=O) groups excluding carboxylic acids is 2. The van der Waals surface area contributed by atoms with Crippen molar-refractivity contribution in [3.63, 3.8) is 0 Å². The van der Waals surface area contributed by atoms with Gasteiger partial charge in [0.15, 0.2) is 0 Å². The van der Waals surface area contributed by atoms with Crippen LogP contribution in [0.25, 0.3) is 0 Å². The number of hydrazine groups is 1. The van der Waals surface area contributed by atoms with E-state index in [0.717, 1.165) is 16.9 Å². The number of rotatable bonds is 5. The summed E-state index contributed by atoms with van der Waals surface area (Å²) in [6.45, 7) is 0. The lowest BCUT2D eigenvalue weighted by Crippen LogP contribution is -2.43. The molecule has 2 aromatic rings. The summed E-state index contributed by atoms with van der Waals surface area (Å²) in [6, 6.07) is 14.8. The van der Waals surface area contributed by atoms with E-state index in [2.05, 4.69) is 10.9 Å². The summed E-state index contributed by atoms with van der Waals surface area (Å²) in [5, 5.41) is 1.32. The van der Waals surface area contributed by atoms with Crippen LogP contribution in [0.4, 0.5) is 0 Å². The zero-order valence-corrected chi connectivity index (χ0v) is 15.5. The maximum atomic E-state index is 12.1. The Morgan fingerprint density at radius 2 is 1.80 bits per heavy atom. The monoisotopic (exact) mass is 394 g/mol. The van der Waals surface area contributed by atoms with Crippen LogP contribution < -0.4 is 10.9 Å². The van der Waals surface area contributed by atoms with Crippen molar-refractivity contribution in [3.05, 3.63) is 64.1 Å². The Kier molecular flexibility index (Phi) is 5.89. The van der Waals surface area contributed by atoms with Gasteiger partial charge in [-0.15, -0.1) is 11.8 Å². The molecule has 25 heavy (non-hydrogen) atoms. The van der Waals surface area contributed by atoms with Gasteiger partial charge < -0.3 is 0 Å². The Bertz CT molecular complexity index is 783. The maximum Gasteiger partial charge on any atom is 0.248 e. The Morgan fingerprint density at radius 1 is 1.04 bits per heavy atom. The van der Waals surface area contributed by atoms with Crippen molar-refractivity contribution in [2.75, 3.05) is 5.75 Å². The highest BCUT2D eigenvalue weighted by Crippen LogP contribution is 2.47. The quantitative estimate of drug-likeness (QED) is 0.594. The number of amides is 2. The van der Waals surface area contributed by atoms with Gasteiger partial charge in [-0.05, 0) is 54.3 Å². The first-order valence-electron chi connectivity index (χ1n) is 7.75. The van der Waals surface area contributed by atoms with E-state index in [0.29, 0.717) is 10.0 Å². The fourth-order valence-corrected chi connectivity index (χ4v) is 3.55. The van der Waals surface area contributed by atoms with Crippen molar-refractivity contribution in [2.24, 2.45) is 5.92 Å². The third-order valence-corrected chi connectivity index (χ3v) is 5.41. The molecule has 7 heteroatoms. The number of carbonyl (C=O) groups is 2. The number of hydrogen-bond donors (Lipinski definition) is 2. The Balaban J connectivity index is 1.40. The van der Waals surface area contributed by atoms with Crippen LogP contribution >= 0.6 is 35.0 Å². The maximum absolute atomic E-state index is 12.1. The van der Waals surface area contributed by atoms with E-state index in [1.807, 2.05) is 30.3 Å². The van der Waals surface area contributed by atoms with Crippen molar-refractivity contribution >= 4 is 46.8 Å². The highest BCUT2D eigenvalue weighted by Gasteiger charge is 2.44. The van der Waals surface area contributed by atoms with Crippen LogP contribution in [0.1, 0.15) is 17.9 Å². The highest BCUT2D eigenvalue weighted by atomic mass is 35.5. The molecule has 0 saturated heterocycles. The summed E-state index contributed by atoms with van der Waals surface area (Å²) in [6.07, 6.45) is 0.765. The minimum atomic E-state index is -0.256. The number of hydrogen-bond acceptors (Lipinski definition) is 3. The first-order valence-corrected chi connectivity index (χ1v) is 9.49. The summed E-state index contributed by atoms with van der Waals surface area (Å²) >= 11 is 13.2. The molecule has 1 aliphatic rings. The fourth-order valence-electron chi connectivity index (χ4n) is 2.53. The Morgan fingerprint density at radius 3 is 2.52 bits per heavy atom. The minimum Gasteiger partial charge on any atom is -0.273 e. The average molecular weight is 395 g/mol. The molecule has 0 heterocycles. The van der Waals surface area contributed by atoms with Crippen LogP contribution in [0.15, 0.2) is 53.4 Å². The Labute approximate surface area is 160 Å². The molecule has 1 aliphatic carbocycles. The summed E-state index contributed by atoms with van der Waals surface area (Å²) < 4.78 is 0. The van der Waals surface area contributed by atoms with E-state index >= 15 is 0 Å². The van der Waals surface area contributed by atoms with E-state index in [1.54, 1.807) is 18.2 Å². The van der Waals surface area contributed by atoms with Gasteiger partial charge >= 0.3 is 0 Å². The van der Waals surface area contributed by atoms with Crippen LogP contribution in [-0.2, 0) is 9.59 Å². The molecule has 0 aliphatic heterocycles. The average Bonchev–Trinajstić information content (AvgIpc) is 3.40. The van der Waals surface area contributed by atoms with E-state index in [1.165, 1.54) is 11.8 Å². The van der Waals surface area contributed by atoms with Gasteiger partial charge in [0, 0.05) is 20.9 Å². The first-order chi connectivity index (χ1) is 12.0. The van der Waals surface area contributed by atoms with Crippen LogP contribution in [0.5, 0.6) is 0 Å². The lowest BCUT2D eigenvalue weighted by molar-refractivity contribution is -0.128. The van der Waals surface area contributed by atoms with Crippen molar-refractivity contribution in [1.29, 1.82) is 0 Å². The zero-order chi connectivity index (χ0) is 17.8. The van der Waals surface area contributed by atoms with Crippen LogP contribution in [-0.4, -0.2) is 17.6 Å². The molecule has 2 N–H and O–H groups in total. The van der Waals surface area contributed by atoms with Gasteiger partial charge in [0.25, 0.3) is 0 Å². The molecule has 2 aromatic carbocycles. The fraction of sp³-hybridized carbons (Fsp3) is 0.222. The Hall–Kier alpha value is -1.69. The minimum absolute atomic E-state index is 0.123. The molecule has 2 atom stereocenters. The van der Waals surface area contributed by atoms with Gasteiger partial charge in [-0.25, -0.2) is 0 Å². The molecule has 2 unspecified atom stereocenters. The van der Waals surface area contributed by atoms with E-state index < -0.39 is 0 Å². The molecule has 3 rings (SSSR count). The van der Waals surface area contributed by atoms with E-state index in [9.17, 15) is 9.59 Å². The molecule has 0 bridgehead atoms.